The summed E-state index contributed by atoms with van der Waals surface area (Å²) in [6.07, 6.45) is 1.90. The van der Waals surface area contributed by atoms with Gasteiger partial charge in [-0.25, -0.2) is 4.98 Å². The number of aromatic nitrogens is 1. The fourth-order valence-electron chi connectivity index (χ4n) is 1.34. The molecule has 4 nitrogen and oxygen atoms in total. The molecule has 18 heavy (non-hydrogen) atoms. The van der Waals surface area contributed by atoms with Crippen LogP contribution in [0, 0.1) is 6.92 Å². The molecular formula is C12H23IN4S. The molecule has 0 aliphatic rings. The van der Waals surface area contributed by atoms with E-state index in [-0.39, 0.29) is 29.5 Å². The fraction of sp³-hybridized carbons (Fsp3) is 0.667. The summed E-state index contributed by atoms with van der Waals surface area (Å²) in [6.45, 7) is 11.0. The average molecular weight is 382 g/mol. The van der Waals surface area contributed by atoms with Crippen LogP contribution < -0.4 is 11.1 Å². The van der Waals surface area contributed by atoms with Crippen molar-refractivity contribution in [3.63, 3.8) is 0 Å². The van der Waals surface area contributed by atoms with Crippen LogP contribution in [0.5, 0.6) is 0 Å². The lowest BCUT2D eigenvalue weighted by Crippen LogP contribution is -2.45. The van der Waals surface area contributed by atoms with Crippen molar-refractivity contribution in [1.82, 2.24) is 10.3 Å². The highest BCUT2D eigenvalue weighted by atomic mass is 127. The lowest BCUT2D eigenvalue weighted by molar-refractivity contribution is 0.507. The number of nitrogens with two attached hydrogens (primary N) is 1. The molecule has 1 heterocycles. The van der Waals surface area contributed by atoms with Gasteiger partial charge in [0.05, 0.1) is 11.6 Å². The lowest BCUT2D eigenvalue weighted by Gasteiger charge is -2.21. The smallest absolute Gasteiger partial charge is 0.189 e. The molecule has 6 heteroatoms. The first-order valence-electron chi connectivity index (χ1n) is 5.78. The third kappa shape index (κ3) is 6.53. The Hall–Kier alpha value is -0.370. The molecule has 3 N–H and O–H groups in total. The molecule has 0 spiro atoms. The van der Waals surface area contributed by atoms with Crippen molar-refractivity contribution in [2.45, 2.75) is 46.1 Å². The number of halogens is 1. The SMILES string of the molecule is Cc1cnc(C(C)CN=C(N)NC(C)(C)C)s1.I. The maximum absolute atomic E-state index is 5.81. The number of nitrogens with zero attached hydrogens (tertiary/aromatic N) is 2. The maximum atomic E-state index is 5.81. The number of nitrogens with one attached hydrogen (secondary N) is 1. The van der Waals surface area contributed by atoms with Crippen LogP contribution in [0.2, 0.25) is 0 Å². The quantitative estimate of drug-likeness (QED) is 0.480. The van der Waals surface area contributed by atoms with Gasteiger partial charge in [-0.2, -0.15) is 0 Å². The van der Waals surface area contributed by atoms with Gasteiger partial charge in [0.2, 0.25) is 0 Å². The summed E-state index contributed by atoms with van der Waals surface area (Å²) in [7, 11) is 0. The van der Waals surface area contributed by atoms with Gasteiger partial charge in [0, 0.05) is 22.5 Å². The van der Waals surface area contributed by atoms with Gasteiger partial charge in [-0.05, 0) is 27.7 Å². The van der Waals surface area contributed by atoms with Gasteiger partial charge in [0.15, 0.2) is 5.96 Å². The molecule has 1 aromatic heterocycles. The van der Waals surface area contributed by atoms with Crippen molar-refractivity contribution in [2.75, 3.05) is 6.54 Å². The molecule has 0 bridgehead atoms. The summed E-state index contributed by atoms with van der Waals surface area (Å²) in [4.78, 5) is 9.93. The maximum Gasteiger partial charge on any atom is 0.189 e. The van der Waals surface area contributed by atoms with Crippen LogP contribution in [-0.4, -0.2) is 23.0 Å². The predicted octanol–water partition coefficient (Wildman–Crippen LogP) is 2.88. The molecule has 0 saturated heterocycles. The number of aliphatic imine (C=N–C) groups is 1. The van der Waals surface area contributed by atoms with E-state index in [9.17, 15) is 0 Å². The second kappa shape index (κ2) is 7.28. The number of hydrogen-bond donors (Lipinski definition) is 2. The standard InChI is InChI=1S/C12H22N4S.HI/c1-8(10-14-7-9(2)17-10)6-15-11(13)16-12(3,4)5;/h7-8H,6H2,1-5H3,(H3,13,15,16);1H. The normalized spacial score (nSPS) is 13.9. The van der Waals surface area contributed by atoms with E-state index in [0.717, 1.165) is 5.01 Å². The van der Waals surface area contributed by atoms with Crippen molar-refractivity contribution in [2.24, 2.45) is 10.7 Å². The van der Waals surface area contributed by atoms with E-state index in [1.54, 1.807) is 11.3 Å². The minimum absolute atomic E-state index is 0. The van der Waals surface area contributed by atoms with Gasteiger partial charge in [0.25, 0.3) is 0 Å². The van der Waals surface area contributed by atoms with Gasteiger partial charge in [-0.3, -0.25) is 4.99 Å². The van der Waals surface area contributed by atoms with E-state index >= 15 is 0 Å². The first-order valence-corrected chi connectivity index (χ1v) is 6.60. The minimum Gasteiger partial charge on any atom is -0.370 e. The summed E-state index contributed by atoms with van der Waals surface area (Å²) in [6, 6.07) is 0. The Morgan fingerprint density at radius 3 is 2.61 bits per heavy atom. The summed E-state index contributed by atoms with van der Waals surface area (Å²) in [5.41, 5.74) is 5.77. The summed E-state index contributed by atoms with van der Waals surface area (Å²) in [5, 5.41) is 4.26. The second-order valence-electron chi connectivity index (χ2n) is 5.31. The van der Waals surface area contributed by atoms with Gasteiger partial charge >= 0.3 is 0 Å². The highest BCUT2D eigenvalue weighted by molar-refractivity contribution is 14.0. The van der Waals surface area contributed by atoms with Crippen molar-refractivity contribution in [3.8, 4) is 0 Å². The molecule has 0 saturated carbocycles. The first-order chi connectivity index (χ1) is 7.78. The zero-order valence-electron chi connectivity index (χ0n) is 11.7. The van der Waals surface area contributed by atoms with Crippen molar-refractivity contribution in [3.05, 3.63) is 16.1 Å². The third-order valence-electron chi connectivity index (χ3n) is 2.10. The highest BCUT2D eigenvalue weighted by Gasteiger charge is 2.12. The van der Waals surface area contributed by atoms with Crippen LogP contribution >= 0.6 is 35.3 Å². The Kier molecular flexibility index (Phi) is 7.13. The fourth-order valence-corrected chi connectivity index (χ4v) is 2.15. The van der Waals surface area contributed by atoms with E-state index < -0.39 is 0 Å². The van der Waals surface area contributed by atoms with E-state index in [1.807, 2.05) is 6.20 Å². The Labute approximate surface area is 131 Å². The Morgan fingerprint density at radius 2 is 2.17 bits per heavy atom. The third-order valence-corrected chi connectivity index (χ3v) is 3.24. The van der Waals surface area contributed by atoms with Crippen LogP contribution in [0.15, 0.2) is 11.2 Å². The zero-order chi connectivity index (χ0) is 13.1. The van der Waals surface area contributed by atoms with Crippen molar-refractivity contribution in [1.29, 1.82) is 0 Å². The molecule has 0 aliphatic heterocycles. The summed E-state index contributed by atoms with van der Waals surface area (Å²) < 4.78 is 0. The summed E-state index contributed by atoms with van der Waals surface area (Å²) >= 11 is 1.72. The predicted molar refractivity (Wildman–Crippen MR) is 90.1 cm³/mol. The monoisotopic (exact) mass is 382 g/mol. The van der Waals surface area contributed by atoms with Gasteiger partial charge in [0.1, 0.15) is 0 Å². The van der Waals surface area contributed by atoms with Crippen LogP contribution in [0.4, 0.5) is 0 Å². The lowest BCUT2D eigenvalue weighted by atomic mass is 10.1. The largest absolute Gasteiger partial charge is 0.370 e. The average Bonchev–Trinajstić information content (AvgIpc) is 2.58. The molecule has 0 aliphatic carbocycles. The van der Waals surface area contributed by atoms with Crippen LogP contribution in [0.25, 0.3) is 0 Å². The van der Waals surface area contributed by atoms with Crippen LogP contribution in [0.3, 0.4) is 0 Å². The number of thiazole rings is 1. The van der Waals surface area contributed by atoms with Gasteiger partial charge < -0.3 is 11.1 Å². The Morgan fingerprint density at radius 1 is 1.56 bits per heavy atom. The molecule has 1 unspecified atom stereocenters. The highest BCUT2D eigenvalue weighted by Crippen LogP contribution is 2.21. The number of hydrogen-bond acceptors (Lipinski definition) is 3. The molecule has 1 atom stereocenters. The molecule has 1 aromatic rings. The van der Waals surface area contributed by atoms with E-state index in [4.69, 9.17) is 5.73 Å². The van der Waals surface area contributed by atoms with Crippen molar-refractivity contribution < 1.29 is 0 Å². The number of rotatable bonds is 3. The van der Waals surface area contributed by atoms with Crippen molar-refractivity contribution >= 4 is 41.3 Å². The van der Waals surface area contributed by atoms with Gasteiger partial charge in [-0.1, -0.05) is 6.92 Å². The van der Waals surface area contributed by atoms with E-state index in [0.29, 0.717) is 18.4 Å². The van der Waals surface area contributed by atoms with E-state index in [1.165, 1.54) is 4.88 Å². The zero-order valence-corrected chi connectivity index (χ0v) is 14.8. The molecular weight excluding hydrogens is 359 g/mol. The molecule has 104 valence electrons. The molecule has 1 rings (SSSR count). The minimum atomic E-state index is -0.0470. The summed E-state index contributed by atoms with van der Waals surface area (Å²) in [5.74, 6) is 0.812. The number of aryl methyl sites for hydroxylation is 1. The van der Waals surface area contributed by atoms with Crippen LogP contribution in [0.1, 0.15) is 43.5 Å². The molecule has 0 radical (unpaired) electrons. The van der Waals surface area contributed by atoms with Crippen LogP contribution in [-0.2, 0) is 0 Å². The molecule has 0 fully saturated rings. The van der Waals surface area contributed by atoms with Gasteiger partial charge in [-0.15, -0.1) is 35.3 Å². The topological polar surface area (TPSA) is 63.3 Å². The molecule has 0 amide bonds. The second-order valence-corrected chi connectivity index (χ2v) is 6.58. The van der Waals surface area contributed by atoms with E-state index in [2.05, 4.69) is 49.9 Å². The molecule has 0 aromatic carbocycles. The number of guanidine groups is 1. The Balaban J connectivity index is 0.00000289. The first kappa shape index (κ1) is 17.6. The Bertz CT molecular complexity index is 395.